The van der Waals surface area contributed by atoms with Crippen molar-refractivity contribution >= 4 is 17.2 Å². The topological polar surface area (TPSA) is 37.6 Å². The molecule has 0 radical (unpaired) electrons. The lowest BCUT2D eigenvalue weighted by molar-refractivity contribution is -0.116. The number of nitrogens with zero attached hydrogens (tertiary/aromatic N) is 3. The summed E-state index contributed by atoms with van der Waals surface area (Å²) in [4.78, 5) is 17.9. The van der Waals surface area contributed by atoms with Gasteiger partial charge in [0.15, 0.2) is 0 Å². The van der Waals surface area contributed by atoms with Crippen LogP contribution in [0.15, 0.2) is 42.7 Å². The second kappa shape index (κ2) is 4.66. The summed E-state index contributed by atoms with van der Waals surface area (Å²) in [5.74, 6) is -0.225. The average molecular weight is 295 g/mol. The Morgan fingerprint density at radius 1 is 1.23 bits per heavy atom. The highest BCUT2D eigenvalue weighted by molar-refractivity contribution is 5.94. The van der Waals surface area contributed by atoms with Gasteiger partial charge in [-0.05, 0) is 36.2 Å². The summed E-state index contributed by atoms with van der Waals surface area (Å²) in [7, 11) is 0. The van der Waals surface area contributed by atoms with Gasteiger partial charge in [0.25, 0.3) is 0 Å². The monoisotopic (exact) mass is 295 g/mol. The Hall–Kier alpha value is -2.69. The molecule has 0 saturated heterocycles. The molecule has 1 aromatic carbocycles. The predicted octanol–water partition coefficient (Wildman–Crippen LogP) is 3.05. The number of carbonyl (C=O) groups is 1. The minimum atomic E-state index is -0.289. The molecule has 1 amide bonds. The smallest absolute Gasteiger partial charge is 0.223 e. The molecule has 0 unspecified atom stereocenters. The molecule has 4 nitrogen and oxygen atoms in total. The summed E-state index contributed by atoms with van der Waals surface area (Å²) in [5.41, 5.74) is 4.62. The van der Waals surface area contributed by atoms with E-state index in [0.717, 1.165) is 35.5 Å². The van der Waals surface area contributed by atoms with Crippen molar-refractivity contribution in [2.24, 2.45) is 0 Å². The minimum absolute atomic E-state index is 0.0645. The van der Waals surface area contributed by atoms with Gasteiger partial charge in [-0.15, -0.1) is 0 Å². The minimum Gasteiger partial charge on any atom is -0.312 e. The fourth-order valence-corrected chi connectivity index (χ4v) is 2.99. The Balaban J connectivity index is 1.78. The molecule has 0 saturated carbocycles. The number of anilines is 1. The second-order valence-electron chi connectivity index (χ2n) is 5.50. The molecule has 0 bridgehead atoms. The van der Waals surface area contributed by atoms with E-state index in [-0.39, 0.29) is 11.7 Å². The maximum atomic E-state index is 13.3. The summed E-state index contributed by atoms with van der Waals surface area (Å²) < 4.78 is 14.9. The molecule has 2 aromatic heterocycles. The third kappa shape index (κ3) is 1.97. The van der Waals surface area contributed by atoms with Crippen LogP contribution in [-0.2, 0) is 11.2 Å². The Morgan fingerprint density at radius 3 is 2.91 bits per heavy atom. The summed E-state index contributed by atoms with van der Waals surface area (Å²) in [6, 6.07) is 9.04. The second-order valence-corrected chi connectivity index (χ2v) is 5.50. The molecule has 0 spiro atoms. The lowest BCUT2D eigenvalue weighted by Gasteiger charge is -2.14. The average Bonchev–Trinajstić information content (AvgIpc) is 3.09. The molecule has 110 valence electrons. The first-order valence-electron chi connectivity index (χ1n) is 7.17. The zero-order valence-electron chi connectivity index (χ0n) is 12.1. The fraction of sp³-hybridized carbons (Fsp3) is 0.176. The van der Waals surface area contributed by atoms with Crippen LogP contribution < -0.4 is 4.90 Å². The van der Waals surface area contributed by atoms with Gasteiger partial charge in [-0.1, -0.05) is 6.07 Å². The van der Waals surface area contributed by atoms with Crippen LogP contribution in [0.4, 0.5) is 10.1 Å². The standard InChI is InChI=1S/C17H14FN3O/c1-11(22)21-7-6-13-8-12(2-4-16(13)21)15-10-20-9-14(18)3-5-17(20)19-15/h2-5,8-10H,6-7H2,1H3. The van der Waals surface area contributed by atoms with Gasteiger partial charge in [-0.3, -0.25) is 4.79 Å². The van der Waals surface area contributed by atoms with Crippen molar-refractivity contribution in [3.63, 3.8) is 0 Å². The quantitative estimate of drug-likeness (QED) is 0.692. The zero-order chi connectivity index (χ0) is 15.3. The summed E-state index contributed by atoms with van der Waals surface area (Å²) in [6.07, 6.45) is 4.08. The molecule has 0 aliphatic carbocycles. The number of rotatable bonds is 1. The van der Waals surface area contributed by atoms with Gasteiger partial charge in [-0.2, -0.15) is 0 Å². The van der Waals surface area contributed by atoms with Gasteiger partial charge in [0, 0.05) is 37.1 Å². The first kappa shape index (κ1) is 13.0. The van der Waals surface area contributed by atoms with Crippen molar-refractivity contribution in [1.29, 1.82) is 0 Å². The van der Waals surface area contributed by atoms with E-state index in [9.17, 15) is 9.18 Å². The van der Waals surface area contributed by atoms with E-state index in [2.05, 4.69) is 11.1 Å². The van der Waals surface area contributed by atoms with Gasteiger partial charge >= 0.3 is 0 Å². The molecule has 1 aliphatic heterocycles. The molecular weight excluding hydrogens is 281 g/mol. The first-order valence-corrected chi connectivity index (χ1v) is 7.17. The number of hydrogen-bond donors (Lipinski definition) is 0. The number of pyridine rings is 1. The van der Waals surface area contributed by atoms with Gasteiger partial charge in [0.2, 0.25) is 5.91 Å². The molecule has 0 fully saturated rings. The van der Waals surface area contributed by atoms with Gasteiger partial charge in [-0.25, -0.2) is 9.37 Å². The zero-order valence-corrected chi connectivity index (χ0v) is 12.1. The lowest BCUT2D eigenvalue weighted by atomic mass is 10.1. The molecule has 0 N–H and O–H groups in total. The van der Waals surface area contributed by atoms with E-state index in [1.54, 1.807) is 22.3 Å². The third-order valence-corrected chi connectivity index (χ3v) is 4.07. The van der Waals surface area contributed by atoms with Gasteiger partial charge in [0.05, 0.1) is 5.69 Å². The van der Waals surface area contributed by atoms with E-state index < -0.39 is 0 Å². The predicted molar refractivity (Wildman–Crippen MR) is 82.3 cm³/mol. The van der Waals surface area contributed by atoms with Gasteiger partial charge in [0.1, 0.15) is 11.5 Å². The van der Waals surface area contributed by atoms with E-state index >= 15 is 0 Å². The van der Waals surface area contributed by atoms with Crippen molar-refractivity contribution in [3.05, 3.63) is 54.1 Å². The maximum absolute atomic E-state index is 13.3. The Labute approximate surface area is 126 Å². The molecule has 4 rings (SSSR count). The van der Waals surface area contributed by atoms with Crippen molar-refractivity contribution < 1.29 is 9.18 Å². The number of imidazole rings is 1. The van der Waals surface area contributed by atoms with E-state index in [4.69, 9.17) is 0 Å². The van der Waals surface area contributed by atoms with E-state index in [1.165, 1.54) is 12.3 Å². The molecular formula is C17H14FN3O. The highest BCUT2D eigenvalue weighted by Crippen LogP contribution is 2.32. The Morgan fingerprint density at radius 2 is 2.09 bits per heavy atom. The van der Waals surface area contributed by atoms with Crippen LogP contribution in [0, 0.1) is 5.82 Å². The maximum Gasteiger partial charge on any atom is 0.223 e. The SMILES string of the molecule is CC(=O)N1CCc2cc(-c3cn4cc(F)ccc4n3)ccc21. The largest absolute Gasteiger partial charge is 0.312 e. The number of aromatic nitrogens is 2. The molecule has 1 aliphatic rings. The van der Waals surface area contributed by atoms with Crippen molar-refractivity contribution in [2.45, 2.75) is 13.3 Å². The van der Waals surface area contributed by atoms with Crippen LogP contribution in [-0.4, -0.2) is 21.8 Å². The van der Waals surface area contributed by atoms with Crippen molar-refractivity contribution in [3.8, 4) is 11.3 Å². The highest BCUT2D eigenvalue weighted by atomic mass is 19.1. The summed E-state index contributed by atoms with van der Waals surface area (Å²) in [6.45, 7) is 2.31. The molecule has 22 heavy (non-hydrogen) atoms. The summed E-state index contributed by atoms with van der Waals surface area (Å²) in [5, 5.41) is 0. The van der Waals surface area contributed by atoms with E-state index in [1.807, 2.05) is 18.3 Å². The molecule has 0 atom stereocenters. The first-order chi connectivity index (χ1) is 10.6. The van der Waals surface area contributed by atoms with Crippen LogP contribution in [0.5, 0.6) is 0 Å². The van der Waals surface area contributed by atoms with E-state index in [0.29, 0.717) is 5.65 Å². The normalized spacial score (nSPS) is 13.6. The van der Waals surface area contributed by atoms with Gasteiger partial charge < -0.3 is 9.30 Å². The third-order valence-electron chi connectivity index (χ3n) is 4.07. The van der Waals surface area contributed by atoms with Crippen LogP contribution >= 0.6 is 0 Å². The Kier molecular flexibility index (Phi) is 2.76. The number of halogens is 1. The van der Waals surface area contributed by atoms with Crippen molar-refractivity contribution in [2.75, 3.05) is 11.4 Å². The fourth-order valence-electron chi connectivity index (χ4n) is 2.99. The molecule has 3 heterocycles. The number of amides is 1. The number of hydrogen-bond acceptors (Lipinski definition) is 2. The van der Waals surface area contributed by atoms with Crippen molar-refractivity contribution in [1.82, 2.24) is 9.38 Å². The van der Waals surface area contributed by atoms with Crippen LogP contribution in [0.3, 0.4) is 0 Å². The van der Waals surface area contributed by atoms with Crippen LogP contribution in [0.2, 0.25) is 0 Å². The summed E-state index contributed by atoms with van der Waals surface area (Å²) >= 11 is 0. The molecule has 5 heteroatoms. The highest BCUT2D eigenvalue weighted by Gasteiger charge is 2.22. The number of fused-ring (bicyclic) bond motifs is 2. The van der Waals surface area contributed by atoms with Crippen LogP contribution in [0.25, 0.3) is 16.9 Å². The Bertz CT molecular complexity index is 900. The number of benzene rings is 1. The number of carbonyl (C=O) groups excluding carboxylic acids is 1. The van der Waals surface area contributed by atoms with Crippen LogP contribution in [0.1, 0.15) is 12.5 Å². The lowest BCUT2D eigenvalue weighted by Crippen LogP contribution is -2.25. The molecule has 3 aromatic rings.